The van der Waals surface area contributed by atoms with Crippen molar-refractivity contribution < 1.29 is 14.0 Å². The summed E-state index contributed by atoms with van der Waals surface area (Å²) in [4.78, 5) is 20.3. The molecule has 3 rings (SSSR count). The van der Waals surface area contributed by atoms with E-state index in [1.165, 1.54) is 12.1 Å². The number of oxime groups is 1. The molecule has 0 aliphatic carbocycles. The molecule has 148 valence electrons. The number of halogens is 1. The van der Waals surface area contributed by atoms with Crippen LogP contribution < -0.4 is 0 Å². The average molecular weight is 382 g/mol. The third-order valence-electron chi connectivity index (χ3n) is 4.58. The third kappa shape index (κ3) is 5.65. The molecule has 1 heterocycles. The molecular formula is C23H27FN2O2. The Labute approximate surface area is 166 Å². The molecule has 4 nitrogen and oxygen atoms in total. The number of nitrogens with zero attached hydrogens (tertiary/aromatic N) is 2. The molecule has 0 radical (unpaired) electrons. The smallest absolute Gasteiger partial charge is 0.223 e. The van der Waals surface area contributed by atoms with Gasteiger partial charge < -0.3 is 9.74 Å². The molecule has 0 fully saturated rings. The zero-order valence-electron chi connectivity index (χ0n) is 16.7. The molecule has 0 bridgehead atoms. The van der Waals surface area contributed by atoms with Crippen LogP contribution >= 0.6 is 0 Å². The van der Waals surface area contributed by atoms with Crippen LogP contribution in [0.2, 0.25) is 0 Å². The molecule has 2 aromatic rings. The number of rotatable bonds is 6. The highest BCUT2D eigenvalue weighted by atomic mass is 19.1. The summed E-state index contributed by atoms with van der Waals surface area (Å²) in [5, 5.41) is 4.22. The number of hydrogen-bond donors (Lipinski definition) is 0. The van der Waals surface area contributed by atoms with Crippen LogP contribution in [0.15, 0.2) is 59.8 Å². The van der Waals surface area contributed by atoms with Gasteiger partial charge in [-0.2, -0.15) is 0 Å². The lowest BCUT2D eigenvalue weighted by Gasteiger charge is -2.28. The van der Waals surface area contributed by atoms with Crippen LogP contribution in [0.4, 0.5) is 4.39 Å². The van der Waals surface area contributed by atoms with E-state index in [-0.39, 0.29) is 23.2 Å². The van der Waals surface area contributed by atoms with Gasteiger partial charge in [0.25, 0.3) is 0 Å². The maximum Gasteiger partial charge on any atom is 0.223 e. The Hall–Kier alpha value is -2.69. The van der Waals surface area contributed by atoms with Crippen molar-refractivity contribution in [1.82, 2.24) is 4.90 Å². The molecule has 0 N–H and O–H groups in total. The van der Waals surface area contributed by atoms with Crippen molar-refractivity contribution in [3.8, 4) is 0 Å². The topological polar surface area (TPSA) is 41.9 Å². The first-order valence-electron chi connectivity index (χ1n) is 9.60. The minimum absolute atomic E-state index is 0.0635. The lowest BCUT2D eigenvalue weighted by molar-refractivity contribution is -0.135. The van der Waals surface area contributed by atoms with Crippen molar-refractivity contribution in [1.29, 1.82) is 0 Å². The van der Waals surface area contributed by atoms with Crippen LogP contribution in [0.1, 0.15) is 44.7 Å². The highest BCUT2D eigenvalue weighted by Gasteiger charge is 2.28. The van der Waals surface area contributed by atoms with E-state index < -0.39 is 0 Å². The Bertz CT molecular complexity index is 826. The van der Waals surface area contributed by atoms with Crippen molar-refractivity contribution in [3.05, 3.63) is 71.5 Å². The van der Waals surface area contributed by atoms with Gasteiger partial charge in [-0.15, -0.1) is 0 Å². The molecule has 1 aliphatic rings. The average Bonchev–Trinajstić information content (AvgIpc) is 3.11. The fourth-order valence-corrected chi connectivity index (χ4v) is 3.20. The summed E-state index contributed by atoms with van der Waals surface area (Å²) >= 11 is 0. The van der Waals surface area contributed by atoms with Gasteiger partial charge in [0, 0.05) is 19.4 Å². The number of carbonyl (C=O) groups is 1. The SMILES string of the molecule is CC(C)(C)CC(=O)N(Cc1ccc(F)cc1)C[C@H]1CC(c2ccccc2)=NO1. The summed E-state index contributed by atoms with van der Waals surface area (Å²) < 4.78 is 13.2. The van der Waals surface area contributed by atoms with E-state index in [1.54, 1.807) is 17.0 Å². The molecule has 2 aromatic carbocycles. The van der Waals surface area contributed by atoms with E-state index >= 15 is 0 Å². The predicted octanol–water partition coefficient (Wildman–Crippen LogP) is 4.78. The molecule has 5 heteroatoms. The van der Waals surface area contributed by atoms with E-state index in [0.29, 0.717) is 25.9 Å². The van der Waals surface area contributed by atoms with Gasteiger partial charge in [0.15, 0.2) is 6.10 Å². The summed E-state index contributed by atoms with van der Waals surface area (Å²) in [5.74, 6) is -0.218. The molecule has 0 spiro atoms. The minimum atomic E-state index is -0.281. The van der Waals surface area contributed by atoms with Gasteiger partial charge in [0.05, 0.1) is 12.3 Å². The minimum Gasteiger partial charge on any atom is -0.390 e. The monoisotopic (exact) mass is 382 g/mol. The standard InChI is InChI=1S/C23H27FN2O2/c1-23(2,3)14-22(27)26(15-17-9-11-19(24)12-10-17)16-20-13-21(25-28-20)18-7-5-4-6-8-18/h4-12,20H,13-16H2,1-3H3/t20-/m1/s1. The zero-order chi connectivity index (χ0) is 20.1. The van der Waals surface area contributed by atoms with E-state index in [1.807, 2.05) is 51.1 Å². The third-order valence-corrected chi connectivity index (χ3v) is 4.58. The molecule has 0 aromatic heterocycles. The Morgan fingerprint density at radius 1 is 1.14 bits per heavy atom. The maximum absolute atomic E-state index is 13.2. The van der Waals surface area contributed by atoms with Gasteiger partial charge in [-0.1, -0.05) is 68.4 Å². The predicted molar refractivity (Wildman–Crippen MR) is 108 cm³/mol. The lowest BCUT2D eigenvalue weighted by atomic mass is 9.91. The first kappa shape index (κ1) is 20.1. The summed E-state index contributed by atoms with van der Waals surface area (Å²) in [6.07, 6.45) is 0.916. The molecule has 0 unspecified atom stereocenters. The van der Waals surface area contributed by atoms with Crippen molar-refractivity contribution >= 4 is 11.6 Å². The molecule has 1 atom stereocenters. The molecule has 28 heavy (non-hydrogen) atoms. The fourth-order valence-electron chi connectivity index (χ4n) is 3.20. The van der Waals surface area contributed by atoms with E-state index in [4.69, 9.17) is 4.84 Å². The molecular weight excluding hydrogens is 355 g/mol. The van der Waals surface area contributed by atoms with E-state index in [9.17, 15) is 9.18 Å². The van der Waals surface area contributed by atoms with Crippen LogP contribution in [0, 0.1) is 11.2 Å². The Balaban J connectivity index is 1.68. The number of amides is 1. The van der Waals surface area contributed by atoms with Crippen molar-refractivity contribution in [2.75, 3.05) is 6.54 Å². The molecule has 1 aliphatic heterocycles. The van der Waals surface area contributed by atoms with Gasteiger partial charge in [0.1, 0.15) is 5.82 Å². The molecule has 0 saturated heterocycles. The largest absolute Gasteiger partial charge is 0.390 e. The number of benzene rings is 2. The summed E-state index contributed by atoms with van der Waals surface area (Å²) in [6, 6.07) is 16.2. The highest BCUT2D eigenvalue weighted by Crippen LogP contribution is 2.23. The first-order valence-corrected chi connectivity index (χ1v) is 9.60. The van der Waals surface area contributed by atoms with Gasteiger partial charge in [0.2, 0.25) is 5.91 Å². The molecule has 0 saturated carbocycles. The van der Waals surface area contributed by atoms with Crippen LogP contribution in [0.5, 0.6) is 0 Å². The fraction of sp³-hybridized carbons (Fsp3) is 0.391. The summed E-state index contributed by atoms with van der Waals surface area (Å²) in [5.41, 5.74) is 2.72. The van der Waals surface area contributed by atoms with Crippen LogP contribution in [-0.4, -0.2) is 29.2 Å². The van der Waals surface area contributed by atoms with Crippen molar-refractivity contribution in [2.45, 2.75) is 46.3 Å². The summed E-state index contributed by atoms with van der Waals surface area (Å²) in [6.45, 7) is 7.01. The zero-order valence-corrected chi connectivity index (χ0v) is 16.7. The maximum atomic E-state index is 13.2. The van der Waals surface area contributed by atoms with Gasteiger partial charge >= 0.3 is 0 Å². The normalized spacial score (nSPS) is 16.4. The highest BCUT2D eigenvalue weighted by molar-refractivity contribution is 6.01. The lowest BCUT2D eigenvalue weighted by Crippen LogP contribution is -2.38. The van der Waals surface area contributed by atoms with Crippen molar-refractivity contribution in [2.24, 2.45) is 10.6 Å². The van der Waals surface area contributed by atoms with Crippen LogP contribution in [-0.2, 0) is 16.2 Å². The number of carbonyl (C=O) groups excluding carboxylic acids is 1. The first-order chi connectivity index (χ1) is 13.3. The van der Waals surface area contributed by atoms with Gasteiger partial charge in [-0.25, -0.2) is 4.39 Å². The Morgan fingerprint density at radius 3 is 2.46 bits per heavy atom. The van der Waals surface area contributed by atoms with Crippen molar-refractivity contribution in [3.63, 3.8) is 0 Å². The van der Waals surface area contributed by atoms with E-state index in [0.717, 1.165) is 16.8 Å². The van der Waals surface area contributed by atoms with Gasteiger partial charge in [-0.05, 0) is 28.7 Å². The Morgan fingerprint density at radius 2 is 1.82 bits per heavy atom. The Kier molecular flexibility index (Phi) is 6.12. The second-order valence-electron chi connectivity index (χ2n) is 8.47. The second-order valence-corrected chi connectivity index (χ2v) is 8.47. The number of hydrogen-bond acceptors (Lipinski definition) is 3. The quantitative estimate of drug-likeness (QED) is 0.721. The van der Waals surface area contributed by atoms with E-state index in [2.05, 4.69) is 5.16 Å². The van der Waals surface area contributed by atoms with Gasteiger partial charge in [-0.3, -0.25) is 4.79 Å². The summed E-state index contributed by atoms with van der Waals surface area (Å²) in [7, 11) is 0. The van der Waals surface area contributed by atoms with Crippen LogP contribution in [0.3, 0.4) is 0 Å². The van der Waals surface area contributed by atoms with Crippen LogP contribution in [0.25, 0.3) is 0 Å². The second kappa shape index (κ2) is 8.55. The molecule has 1 amide bonds.